The quantitative estimate of drug-likeness (QED) is 0.691. The lowest BCUT2D eigenvalue weighted by Gasteiger charge is -2.10. The van der Waals surface area contributed by atoms with Gasteiger partial charge in [0.15, 0.2) is 0 Å². The number of aromatic nitrogens is 1. The second-order valence-corrected chi connectivity index (χ2v) is 5.55. The molecule has 0 bridgehead atoms. The molecule has 0 fully saturated rings. The number of rotatable bonds is 4. The van der Waals surface area contributed by atoms with Crippen molar-refractivity contribution in [2.45, 2.75) is 19.9 Å². The van der Waals surface area contributed by atoms with Gasteiger partial charge >= 0.3 is 5.97 Å². The van der Waals surface area contributed by atoms with Crippen LogP contribution in [0.3, 0.4) is 0 Å². The highest BCUT2D eigenvalue weighted by Crippen LogP contribution is 2.31. The first-order valence-electron chi connectivity index (χ1n) is 7.26. The number of nitrogens with zero attached hydrogens (tertiary/aromatic N) is 1. The van der Waals surface area contributed by atoms with E-state index in [-0.39, 0.29) is 17.9 Å². The van der Waals surface area contributed by atoms with E-state index in [9.17, 15) is 15.0 Å². The van der Waals surface area contributed by atoms with E-state index in [2.05, 4.69) is 0 Å². The van der Waals surface area contributed by atoms with Crippen LogP contribution in [0, 0.1) is 6.92 Å². The van der Waals surface area contributed by atoms with Crippen molar-refractivity contribution in [2.75, 3.05) is 0 Å². The Hall–Kier alpha value is -2.95. The second kappa shape index (κ2) is 5.68. The lowest BCUT2D eigenvalue weighted by molar-refractivity contribution is -0.136. The smallest absolute Gasteiger partial charge is 0.307 e. The Morgan fingerprint density at radius 1 is 1.13 bits per heavy atom. The largest absolute Gasteiger partial charge is 0.508 e. The minimum Gasteiger partial charge on any atom is -0.508 e. The Kier molecular flexibility index (Phi) is 3.70. The summed E-state index contributed by atoms with van der Waals surface area (Å²) in [6.07, 6.45) is -0.112. The summed E-state index contributed by atoms with van der Waals surface area (Å²) >= 11 is 0. The number of carbonyl (C=O) groups is 1. The summed E-state index contributed by atoms with van der Waals surface area (Å²) in [4.78, 5) is 11.2. The van der Waals surface area contributed by atoms with Crippen molar-refractivity contribution in [1.82, 2.24) is 4.57 Å². The van der Waals surface area contributed by atoms with Crippen molar-refractivity contribution in [3.63, 3.8) is 0 Å². The van der Waals surface area contributed by atoms with Crippen molar-refractivity contribution in [3.05, 3.63) is 59.3 Å². The van der Waals surface area contributed by atoms with Gasteiger partial charge in [0.2, 0.25) is 0 Å². The fourth-order valence-corrected chi connectivity index (χ4v) is 2.93. The Morgan fingerprint density at radius 2 is 1.87 bits per heavy atom. The van der Waals surface area contributed by atoms with E-state index in [1.165, 1.54) is 0 Å². The van der Waals surface area contributed by atoms with Crippen LogP contribution < -0.4 is 0 Å². The Balaban J connectivity index is 2.18. The number of phenolic OH excluding ortho intramolecular Hbond substituents is 2. The molecule has 0 aliphatic heterocycles. The van der Waals surface area contributed by atoms with Gasteiger partial charge in [0.05, 0.1) is 13.0 Å². The van der Waals surface area contributed by atoms with Gasteiger partial charge in [0, 0.05) is 22.2 Å². The molecule has 0 radical (unpaired) electrons. The van der Waals surface area contributed by atoms with Crippen molar-refractivity contribution in [2.24, 2.45) is 0 Å². The Bertz CT molecular complexity index is 895. The summed E-state index contributed by atoms with van der Waals surface area (Å²) in [7, 11) is 0. The minimum absolute atomic E-state index is 0.101. The molecule has 0 saturated heterocycles. The van der Waals surface area contributed by atoms with Gasteiger partial charge in [0.25, 0.3) is 0 Å². The SMILES string of the molecule is Cc1c(CC(=O)O)c2cc(O)ccc2n1Cc1ccccc1O. The van der Waals surface area contributed by atoms with Crippen molar-refractivity contribution in [1.29, 1.82) is 0 Å². The Labute approximate surface area is 133 Å². The Morgan fingerprint density at radius 3 is 2.57 bits per heavy atom. The number of fused-ring (bicyclic) bond motifs is 1. The van der Waals surface area contributed by atoms with Gasteiger partial charge in [-0.15, -0.1) is 0 Å². The molecular weight excluding hydrogens is 294 g/mol. The maximum Gasteiger partial charge on any atom is 0.307 e. The van der Waals surface area contributed by atoms with E-state index in [1.807, 2.05) is 23.6 Å². The zero-order valence-electron chi connectivity index (χ0n) is 12.7. The average molecular weight is 311 g/mol. The van der Waals surface area contributed by atoms with E-state index in [0.29, 0.717) is 12.1 Å². The molecule has 3 N–H and O–H groups in total. The molecule has 0 unspecified atom stereocenters. The molecule has 23 heavy (non-hydrogen) atoms. The molecule has 3 rings (SSSR count). The summed E-state index contributed by atoms with van der Waals surface area (Å²) < 4.78 is 1.96. The molecule has 0 aliphatic rings. The van der Waals surface area contributed by atoms with Gasteiger partial charge in [-0.05, 0) is 36.8 Å². The van der Waals surface area contributed by atoms with Crippen LogP contribution in [0.1, 0.15) is 16.8 Å². The third-order valence-corrected chi connectivity index (χ3v) is 4.09. The third-order valence-electron chi connectivity index (χ3n) is 4.09. The molecule has 0 spiro atoms. The highest BCUT2D eigenvalue weighted by Gasteiger charge is 2.17. The van der Waals surface area contributed by atoms with E-state index < -0.39 is 5.97 Å². The molecule has 2 aromatic carbocycles. The van der Waals surface area contributed by atoms with Crippen LogP contribution in [0.4, 0.5) is 0 Å². The summed E-state index contributed by atoms with van der Waals surface area (Å²) in [5.74, 6) is -0.616. The number of carboxylic acids is 1. The fraction of sp³-hybridized carbons (Fsp3) is 0.167. The number of hydrogen-bond donors (Lipinski definition) is 3. The lowest BCUT2D eigenvalue weighted by atomic mass is 10.1. The first-order valence-corrected chi connectivity index (χ1v) is 7.26. The molecule has 1 aromatic heterocycles. The summed E-state index contributed by atoms with van der Waals surface area (Å²) in [5.41, 5.74) is 3.08. The van der Waals surface area contributed by atoms with Crippen LogP contribution in [0.15, 0.2) is 42.5 Å². The number of carboxylic acid groups (broad SMARTS) is 1. The summed E-state index contributed by atoms with van der Waals surface area (Å²) in [6, 6.07) is 12.0. The summed E-state index contributed by atoms with van der Waals surface area (Å²) in [6.45, 7) is 2.29. The number of benzene rings is 2. The standard InChI is InChI=1S/C18H17NO4/c1-11-14(9-18(22)23)15-8-13(20)6-7-16(15)19(11)10-12-4-2-3-5-17(12)21/h2-8,20-21H,9-10H2,1H3,(H,22,23). The molecule has 0 amide bonds. The average Bonchev–Trinajstić information content (AvgIpc) is 2.74. The van der Waals surface area contributed by atoms with Crippen LogP contribution in [-0.4, -0.2) is 25.9 Å². The first-order chi connectivity index (χ1) is 11.0. The van der Waals surface area contributed by atoms with Gasteiger partial charge in [-0.1, -0.05) is 18.2 Å². The van der Waals surface area contributed by atoms with E-state index in [4.69, 9.17) is 5.11 Å². The number of aliphatic carboxylic acids is 1. The maximum absolute atomic E-state index is 11.2. The van der Waals surface area contributed by atoms with Crippen LogP contribution in [-0.2, 0) is 17.8 Å². The summed E-state index contributed by atoms with van der Waals surface area (Å²) in [5, 5.41) is 29.6. The predicted molar refractivity (Wildman–Crippen MR) is 86.9 cm³/mol. The van der Waals surface area contributed by atoms with Gasteiger partial charge < -0.3 is 19.9 Å². The maximum atomic E-state index is 11.2. The molecule has 118 valence electrons. The molecule has 3 aromatic rings. The van der Waals surface area contributed by atoms with Crippen LogP contribution >= 0.6 is 0 Å². The minimum atomic E-state index is -0.918. The van der Waals surface area contributed by atoms with Crippen LogP contribution in [0.5, 0.6) is 11.5 Å². The van der Waals surface area contributed by atoms with Gasteiger partial charge in [-0.3, -0.25) is 4.79 Å². The number of hydrogen-bond acceptors (Lipinski definition) is 3. The number of aromatic hydroxyl groups is 2. The van der Waals surface area contributed by atoms with E-state index in [1.54, 1.807) is 30.3 Å². The topological polar surface area (TPSA) is 82.7 Å². The highest BCUT2D eigenvalue weighted by atomic mass is 16.4. The highest BCUT2D eigenvalue weighted by molar-refractivity contribution is 5.90. The van der Waals surface area contributed by atoms with Crippen molar-refractivity contribution < 1.29 is 20.1 Å². The van der Waals surface area contributed by atoms with Crippen LogP contribution in [0.2, 0.25) is 0 Å². The molecule has 0 saturated carbocycles. The third kappa shape index (κ3) is 2.73. The molecule has 0 atom stereocenters. The predicted octanol–water partition coefficient (Wildman–Crippen LogP) is 3.04. The zero-order valence-corrected chi connectivity index (χ0v) is 12.7. The number of para-hydroxylation sites is 1. The van der Waals surface area contributed by atoms with Gasteiger partial charge in [-0.25, -0.2) is 0 Å². The second-order valence-electron chi connectivity index (χ2n) is 5.55. The van der Waals surface area contributed by atoms with Crippen LogP contribution in [0.25, 0.3) is 10.9 Å². The molecule has 5 heteroatoms. The van der Waals surface area contributed by atoms with Gasteiger partial charge in [-0.2, -0.15) is 0 Å². The first kappa shape index (κ1) is 15.0. The van der Waals surface area contributed by atoms with Crippen molar-refractivity contribution >= 4 is 16.9 Å². The van der Waals surface area contributed by atoms with E-state index in [0.717, 1.165) is 22.2 Å². The van der Waals surface area contributed by atoms with E-state index >= 15 is 0 Å². The molecule has 5 nitrogen and oxygen atoms in total. The van der Waals surface area contributed by atoms with Gasteiger partial charge in [0.1, 0.15) is 11.5 Å². The normalized spacial score (nSPS) is 11.0. The lowest BCUT2D eigenvalue weighted by Crippen LogP contribution is -2.05. The number of phenols is 2. The zero-order chi connectivity index (χ0) is 16.6. The molecule has 1 heterocycles. The van der Waals surface area contributed by atoms with Crippen molar-refractivity contribution in [3.8, 4) is 11.5 Å². The monoisotopic (exact) mass is 311 g/mol. The molecular formula is C18H17NO4. The molecule has 0 aliphatic carbocycles. The fourth-order valence-electron chi connectivity index (χ4n) is 2.93.